The lowest BCUT2D eigenvalue weighted by molar-refractivity contribution is 0.693. The van der Waals surface area contributed by atoms with Gasteiger partial charge in [-0.15, -0.1) is 11.3 Å². The van der Waals surface area contributed by atoms with Gasteiger partial charge in [-0.25, -0.2) is 0 Å². The second kappa shape index (κ2) is 19.0. The van der Waals surface area contributed by atoms with Crippen molar-refractivity contribution in [1.29, 1.82) is 0 Å². The van der Waals surface area contributed by atoms with Gasteiger partial charge in [0.05, 0.1) is 0 Å². The second-order valence-corrected chi connectivity index (χ2v) is 18.8. The van der Waals surface area contributed by atoms with Crippen molar-refractivity contribution in [1.82, 2.24) is 0 Å². The Hall–Kier alpha value is -7.72. The summed E-state index contributed by atoms with van der Waals surface area (Å²) in [5.41, 5.74) is 18.3. The molecule has 0 saturated carbocycles. The van der Waals surface area contributed by atoms with E-state index < -0.39 is 0 Å². The van der Waals surface area contributed by atoms with E-state index in [0.717, 1.165) is 42.7 Å². The minimum Gasteiger partial charge on any atom is -0.315 e. The Labute approximate surface area is 399 Å². The summed E-state index contributed by atoms with van der Waals surface area (Å²) in [7, 11) is 0. The summed E-state index contributed by atoms with van der Waals surface area (Å²) >= 11 is 1.85. The molecule has 0 unspecified atom stereocenters. The number of rotatable bonds is 14. The number of hydrogen-bond acceptors (Lipinski definition) is 3. The third kappa shape index (κ3) is 9.38. The number of anilines is 4. The molecule has 0 N–H and O–H groups in total. The monoisotopic (exact) mass is 880 g/mol. The van der Waals surface area contributed by atoms with Crippen molar-refractivity contribution in [3.8, 4) is 43.1 Å². The average Bonchev–Trinajstić information content (AvgIpc) is 4.09. The lowest BCUT2D eigenvalue weighted by atomic mass is 9.88. The van der Waals surface area contributed by atoms with Gasteiger partial charge in [0.25, 0.3) is 0 Å². The number of allylic oxidation sites excluding steroid dienone is 10. The summed E-state index contributed by atoms with van der Waals surface area (Å²) < 4.78 is 0. The van der Waals surface area contributed by atoms with Crippen LogP contribution in [0.25, 0.3) is 48.7 Å². The zero-order valence-electron chi connectivity index (χ0n) is 37.6. The van der Waals surface area contributed by atoms with E-state index >= 15 is 0 Å². The van der Waals surface area contributed by atoms with Crippen molar-refractivity contribution in [3.05, 3.63) is 272 Å². The predicted octanol–water partition coefficient (Wildman–Crippen LogP) is 18.0. The van der Waals surface area contributed by atoms with Gasteiger partial charge < -0.3 is 9.80 Å². The highest BCUT2D eigenvalue weighted by atomic mass is 32.1. The zero-order chi connectivity index (χ0) is 44.9. The molecule has 1 aromatic heterocycles. The molecule has 0 bridgehead atoms. The van der Waals surface area contributed by atoms with Gasteiger partial charge in [-0.1, -0.05) is 182 Å². The molecule has 0 fully saturated rings. The molecule has 67 heavy (non-hydrogen) atoms. The first-order chi connectivity index (χ1) is 33.1. The van der Waals surface area contributed by atoms with E-state index in [9.17, 15) is 0 Å². The summed E-state index contributed by atoms with van der Waals surface area (Å²) in [6.45, 7) is 4.49. The topological polar surface area (TPSA) is 6.48 Å². The van der Waals surface area contributed by atoms with Crippen molar-refractivity contribution in [2.24, 2.45) is 11.8 Å². The molecule has 8 aromatic rings. The second-order valence-electron chi connectivity index (χ2n) is 17.7. The van der Waals surface area contributed by atoms with Crippen LogP contribution in [-0.2, 0) is 0 Å². The molecule has 3 aliphatic carbocycles. The quantitative estimate of drug-likeness (QED) is 0.100. The van der Waals surface area contributed by atoms with Crippen LogP contribution in [0.15, 0.2) is 266 Å². The van der Waals surface area contributed by atoms with Crippen LogP contribution < -0.4 is 9.80 Å². The molecule has 0 radical (unpaired) electrons. The normalized spacial score (nSPS) is 15.3. The van der Waals surface area contributed by atoms with Crippen LogP contribution >= 0.6 is 11.3 Å². The first-order valence-electron chi connectivity index (χ1n) is 23.5. The van der Waals surface area contributed by atoms with E-state index in [1.165, 1.54) is 76.9 Å². The van der Waals surface area contributed by atoms with Gasteiger partial charge in [-0.2, -0.15) is 0 Å². The number of nitrogens with zero attached hydrogens (tertiary/aromatic N) is 2. The fraction of sp³-hybridized carbons (Fsp3) is 0.0938. The van der Waals surface area contributed by atoms with Gasteiger partial charge in [-0.05, 0) is 149 Å². The predicted molar refractivity (Wildman–Crippen MR) is 287 cm³/mol. The molecule has 0 aliphatic heterocycles. The van der Waals surface area contributed by atoms with Crippen LogP contribution in [-0.4, -0.2) is 0 Å². The lowest BCUT2D eigenvalue weighted by Crippen LogP contribution is -2.23. The van der Waals surface area contributed by atoms with E-state index in [2.05, 4.69) is 259 Å². The summed E-state index contributed by atoms with van der Waals surface area (Å²) in [4.78, 5) is 7.41. The lowest BCUT2D eigenvalue weighted by Gasteiger charge is -2.33. The van der Waals surface area contributed by atoms with Crippen molar-refractivity contribution >= 4 is 39.7 Å². The summed E-state index contributed by atoms with van der Waals surface area (Å²) in [6.07, 6.45) is 20.3. The molecule has 1 heterocycles. The summed E-state index contributed by atoms with van der Waals surface area (Å²) in [6, 6.07) is 72.5. The first-order valence-corrected chi connectivity index (χ1v) is 24.3. The van der Waals surface area contributed by atoms with Crippen LogP contribution in [0.2, 0.25) is 0 Å². The smallest absolute Gasteiger partial charge is 0.0462 e. The van der Waals surface area contributed by atoms with E-state index in [4.69, 9.17) is 0 Å². The minimum atomic E-state index is 0.376. The summed E-state index contributed by atoms with van der Waals surface area (Å²) in [5, 5.41) is 0. The van der Waals surface area contributed by atoms with Gasteiger partial charge in [0.2, 0.25) is 0 Å². The third-order valence-electron chi connectivity index (χ3n) is 13.3. The minimum absolute atomic E-state index is 0.376. The number of thiophene rings is 1. The molecule has 0 saturated heterocycles. The zero-order valence-corrected chi connectivity index (χ0v) is 38.4. The highest BCUT2D eigenvalue weighted by molar-refractivity contribution is 7.18. The molecule has 1 atom stereocenters. The van der Waals surface area contributed by atoms with Crippen LogP contribution in [0.1, 0.15) is 31.2 Å². The Morgan fingerprint density at radius 3 is 1.36 bits per heavy atom. The maximum absolute atomic E-state index is 4.49. The Morgan fingerprint density at radius 1 is 0.448 bits per heavy atom. The molecule has 324 valence electrons. The van der Waals surface area contributed by atoms with Gasteiger partial charge >= 0.3 is 0 Å². The molecular weight excluding hydrogens is 829 g/mol. The van der Waals surface area contributed by atoms with Crippen molar-refractivity contribution in [3.63, 3.8) is 0 Å². The molecule has 3 aliphatic rings. The fourth-order valence-corrected chi connectivity index (χ4v) is 10.5. The van der Waals surface area contributed by atoms with Gasteiger partial charge in [0, 0.05) is 49.8 Å². The van der Waals surface area contributed by atoms with Gasteiger partial charge in [-0.3, -0.25) is 0 Å². The molecular formula is C64H52N2S. The van der Waals surface area contributed by atoms with E-state index in [-0.39, 0.29) is 0 Å². The van der Waals surface area contributed by atoms with Crippen molar-refractivity contribution in [2.45, 2.75) is 25.7 Å². The molecule has 3 heteroatoms. The Morgan fingerprint density at radius 2 is 0.896 bits per heavy atom. The fourth-order valence-electron chi connectivity index (χ4n) is 9.44. The molecule has 11 rings (SSSR count). The van der Waals surface area contributed by atoms with Crippen LogP contribution in [0.4, 0.5) is 22.7 Å². The van der Waals surface area contributed by atoms with Gasteiger partial charge in [0.15, 0.2) is 0 Å². The molecule has 0 spiro atoms. The highest BCUT2D eigenvalue weighted by Gasteiger charge is 2.24. The van der Waals surface area contributed by atoms with Crippen molar-refractivity contribution < 1.29 is 0 Å². The highest BCUT2D eigenvalue weighted by Crippen LogP contribution is 2.42. The van der Waals surface area contributed by atoms with Crippen LogP contribution in [0.3, 0.4) is 0 Å². The van der Waals surface area contributed by atoms with Crippen LogP contribution in [0, 0.1) is 11.8 Å². The third-order valence-corrected chi connectivity index (χ3v) is 14.5. The maximum Gasteiger partial charge on any atom is 0.0462 e. The molecule has 2 nitrogen and oxygen atoms in total. The number of benzene rings is 7. The van der Waals surface area contributed by atoms with Gasteiger partial charge in [0.1, 0.15) is 0 Å². The Balaban J connectivity index is 0.874. The van der Waals surface area contributed by atoms with Crippen LogP contribution in [0.5, 0.6) is 0 Å². The van der Waals surface area contributed by atoms with E-state index in [1.54, 1.807) is 0 Å². The standard InChI is InChI=1S/C64H52N2S/c1-46(45-47-17-18-47)48-19-31-57(32-20-48)65(62-41-29-56(30-42-62)64-44-43-63(67-64)55-15-9-4-10-16-55)60-37-25-53(26-38-60)54-27-39-61(40-28-54)66(58-33-21-51(22-34-58)49-11-5-2-6-12-49)59-35-23-52(24-36-59)50-13-7-3-8-14-50/h2-19,21-25,27-37,39-44,47-48H,1,20,26,38,45H2/t48-/m0/s1. The summed E-state index contributed by atoms with van der Waals surface area (Å²) in [5.74, 6) is 0.980. The van der Waals surface area contributed by atoms with E-state index in [1.807, 2.05) is 11.3 Å². The Bertz CT molecular complexity index is 3060. The Kier molecular flexibility index (Phi) is 11.9. The average molecular weight is 881 g/mol. The first kappa shape index (κ1) is 41.9. The number of hydrogen-bond donors (Lipinski definition) is 0. The molecule has 7 aromatic carbocycles. The van der Waals surface area contributed by atoms with Crippen molar-refractivity contribution in [2.75, 3.05) is 9.80 Å². The SMILES string of the molecule is C=C(CC1C=C1)[C@H]1C=CC(N(C2=CC=C(c3ccc(N(c4ccc(-c5ccccc5)cc4)c4ccc(-c5ccccc5)cc4)cc3)CC2)c2ccc(-c3ccc(-c4ccccc4)s3)cc2)=CC1. The largest absolute Gasteiger partial charge is 0.315 e. The van der Waals surface area contributed by atoms with E-state index in [0.29, 0.717) is 11.8 Å². The maximum atomic E-state index is 4.49. The molecule has 0 amide bonds.